The van der Waals surface area contributed by atoms with Crippen LogP contribution in [0.15, 0.2) is 11.1 Å². The monoisotopic (exact) mass is 289 g/mol. The molecule has 108 valence electrons. The molecule has 0 spiro atoms. The van der Waals surface area contributed by atoms with E-state index in [9.17, 15) is 4.79 Å². The molecule has 1 aliphatic carbocycles. The molecule has 1 fully saturated rings. The van der Waals surface area contributed by atoms with Crippen LogP contribution in [0.1, 0.15) is 41.0 Å². The zero-order valence-electron chi connectivity index (χ0n) is 12.3. The van der Waals surface area contributed by atoms with Crippen molar-refractivity contribution in [2.75, 3.05) is 7.05 Å². The quantitative estimate of drug-likeness (QED) is 0.375. The number of fused-ring (bicyclic) bond motifs is 1. The van der Waals surface area contributed by atoms with Gasteiger partial charge in [-0.3, -0.25) is 8.42 Å². The van der Waals surface area contributed by atoms with E-state index in [4.69, 9.17) is 17.5 Å². The van der Waals surface area contributed by atoms with Crippen molar-refractivity contribution in [1.29, 1.82) is 0 Å². The van der Waals surface area contributed by atoms with Crippen molar-refractivity contribution in [3.63, 3.8) is 0 Å². The highest BCUT2D eigenvalue weighted by Crippen LogP contribution is 2.30. The van der Waals surface area contributed by atoms with Crippen LogP contribution in [-0.2, 0) is 15.2 Å². The lowest BCUT2D eigenvalue weighted by molar-refractivity contribution is -0.424. The maximum absolute atomic E-state index is 11.9. The summed E-state index contributed by atoms with van der Waals surface area (Å²) in [6.45, 7) is 4.14. The highest BCUT2D eigenvalue weighted by atomic mass is 32.3. The molecule has 1 heterocycles. The third kappa shape index (κ3) is 4.22. The van der Waals surface area contributed by atoms with Crippen LogP contribution in [-0.4, -0.2) is 40.8 Å². The topological polar surface area (TPSA) is 100 Å². The second-order valence-electron chi connectivity index (χ2n) is 4.84. The molecule has 6 nitrogen and oxygen atoms in total. The summed E-state index contributed by atoms with van der Waals surface area (Å²) < 4.78 is 36.0. The molecule has 0 N–H and O–H groups in total. The molecule has 0 bridgehead atoms. The van der Waals surface area contributed by atoms with Crippen LogP contribution < -0.4 is 0 Å². The van der Waals surface area contributed by atoms with Gasteiger partial charge in [-0.15, -0.1) is 0 Å². The predicted octanol–water partition coefficient (Wildman–Crippen LogP) is 0.911. The third-order valence-electron chi connectivity index (χ3n) is 3.67. The van der Waals surface area contributed by atoms with E-state index in [0.717, 1.165) is 6.42 Å². The maximum atomic E-state index is 11.9. The minimum Gasteiger partial charge on any atom is -0.759 e. The van der Waals surface area contributed by atoms with E-state index in [0.29, 0.717) is 0 Å². The van der Waals surface area contributed by atoms with E-state index < -0.39 is 10.4 Å². The fourth-order valence-corrected chi connectivity index (χ4v) is 2.55. The third-order valence-corrected chi connectivity index (χ3v) is 3.67. The van der Waals surface area contributed by atoms with Gasteiger partial charge < -0.3 is 9.11 Å². The number of carbonyl (C=O) groups excluding carboxylic acids is 1. The van der Waals surface area contributed by atoms with E-state index >= 15 is 0 Å². The highest BCUT2D eigenvalue weighted by Gasteiger charge is 2.36. The lowest BCUT2D eigenvalue weighted by Crippen LogP contribution is -2.37. The fraction of sp³-hybridized carbons (Fsp3) is 0.667. The summed E-state index contributed by atoms with van der Waals surface area (Å²) in [4.78, 5) is 11.9. The highest BCUT2D eigenvalue weighted by molar-refractivity contribution is 7.79. The van der Waals surface area contributed by atoms with Gasteiger partial charge in [-0.05, 0) is 38.7 Å². The van der Waals surface area contributed by atoms with Crippen molar-refractivity contribution in [2.24, 2.45) is 5.92 Å². The molecule has 1 atom stereocenters. The summed E-state index contributed by atoms with van der Waals surface area (Å²) in [5, 5.41) is 0. The predicted molar refractivity (Wildman–Crippen MR) is 68.1 cm³/mol. The Kier molecular flexibility index (Phi) is 5.00. The first-order chi connectivity index (χ1) is 8.63. The molecule has 2 rings (SSSR count). The van der Waals surface area contributed by atoms with Crippen LogP contribution in [0.5, 0.6) is 0 Å². The van der Waals surface area contributed by atoms with Crippen LogP contribution in [0.4, 0.5) is 0 Å². The average molecular weight is 289 g/mol. The van der Waals surface area contributed by atoms with Gasteiger partial charge in [0, 0.05) is 22.4 Å². The van der Waals surface area contributed by atoms with E-state index in [1.807, 2.05) is 18.5 Å². The van der Waals surface area contributed by atoms with Crippen molar-refractivity contribution in [3.8, 4) is 0 Å². The van der Waals surface area contributed by atoms with Crippen molar-refractivity contribution in [2.45, 2.75) is 39.5 Å². The van der Waals surface area contributed by atoms with Gasteiger partial charge in [0.1, 0.15) is 13.0 Å². The average Bonchev–Trinajstić information content (AvgIpc) is 2.32. The fourth-order valence-electron chi connectivity index (χ4n) is 2.55. The van der Waals surface area contributed by atoms with Crippen molar-refractivity contribution in [3.05, 3.63) is 11.1 Å². The van der Waals surface area contributed by atoms with Gasteiger partial charge in [0.2, 0.25) is 0 Å². The van der Waals surface area contributed by atoms with E-state index in [2.05, 4.69) is 6.92 Å². The molecular formula is C12H19NO5S. The Labute approximate surface area is 114 Å². The van der Waals surface area contributed by atoms with E-state index in [1.54, 1.807) is 0 Å². The maximum Gasteiger partial charge on any atom is 1.00 e. The molecule has 0 aromatic rings. The summed E-state index contributed by atoms with van der Waals surface area (Å²) in [6, 6.07) is 0. The normalized spacial score (nSPS) is 23.8. The summed E-state index contributed by atoms with van der Waals surface area (Å²) >= 11 is 0. The molecule has 0 saturated heterocycles. The Morgan fingerprint density at radius 1 is 1.26 bits per heavy atom. The van der Waals surface area contributed by atoms with Gasteiger partial charge in [-0.1, -0.05) is 0 Å². The standard InChI is InChI=1S/C12H18NO.H2O4S/c1-8-9(2)12(14)13(3)11-7-5-4-6-10(8)11;1-5(2,3)4/h9H,4-7H2,1-3H3;(H2,1,2,3,4)/q+1;/p-1. The first kappa shape index (κ1) is 16.0. The summed E-state index contributed by atoms with van der Waals surface area (Å²) in [5.41, 5.74) is 4.06. The molecule has 1 saturated carbocycles. The van der Waals surface area contributed by atoms with Crippen LogP contribution in [0.2, 0.25) is 0 Å². The van der Waals surface area contributed by atoms with E-state index in [-0.39, 0.29) is 13.3 Å². The second kappa shape index (κ2) is 5.94. The number of hydrogen-bond donors (Lipinski definition) is 0. The molecule has 0 aromatic heterocycles. The first-order valence-corrected chi connectivity index (χ1v) is 7.46. The zero-order valence-corrected chi connectivity index (χ0v) is 12.1. The van der Waals surface area contributed by atoms with Crippen molar-refractivity contribution >= 4 is 22.0 Å². The Bertz CT molecular complexity index is 542. The molecule has 7 heteroatoms. The first-order valence-electron chi connectivity index (χ1n) is 6.13. The van der Waals surface area contributed by atoms with Crippen molar-refractivity contribution < 1.29 is 28.3 Å². The van der Waals surface area contributed by atoms with Crippen LogP contribution in [0.25, 0.3) is 0 Å². The Morgan fingerprint density at radius 2 is 1.74 bits per heavy atom. The Balaban J connectivity index is 0.000000526. The lowest BCUT2D eigenvalue weighted by Gasteiger charge is -2.24. The van der Waals surface area contributed by atoms with Gasteiger partial charge in [-0.2, -0.15) is 4.58 Å². The van der Waals surface area contributed by atoms with Gasteiger partial charge >= 0.3 is 7.33 Å². The molecule has 1 unspecified atom stereocenters. The molecule has 1 aliphatic heterocycles. The lowest BCUT2D eigenvalue weighted by atomic mass is 9.82. The largest absolute Gasteiger partial charge is 1.00 e. The van der Waals surface area contributed by atoms with Gasteiger partial charge in [0.05, 0.1) is 0 Å². The summed E-state index contributed by atoms with van der Waals surface area (Å²) in [7, 11) is -3.24. The smallest absolute Gasteiger partial charge is 0.759 e. The van der Waals surface area contributed by atoms with Crippen LogP contribution in [0, 0.1) is 5.92 Å². The second-order valence-corrected chi connectivity index (χ2v) is 5.66. The number of nitrogens with zero attached hydrogens (tertiary/aromatic N) is 1. The molecular weight excluding hydrogens is 270 g/mol. The van der Waals surface area contributed by atoms with Crippen molar-refractivity contribution in [1.82, 2.24) is 0 Å². The summed E-state index contributed by atoms with van der Waals surface area (Å²) in [5.74, 6) is 0.361. The number of allylic oxidation sites excluding steroid dienone is 1. The Morgan fingerprint density at radius 3 is 2.26 bits per heavy atom. The number of carbonyl (C=O) groups is 1. The Hall–Kier alpha value is -1.05. The van der Waals surface area contributed by atoms with E-state index in [1.165, 1.54) is 36.1 Å². The minimum absolute atomic E-state index is 0. The number of amides is 1. The van der Waals surface area contributed by atoms with Crippen LogP contribution in [0.3, 0.4) is 0 Å². The molecule has 0 aromatic carbocycles. The molecule has 2 aliphatic rings. The molecule has 1 amide bonds. The molecule has 0 radical (unpaired) electrons. The van der Waals surface area contributed by atoms with Gasteiger partial charge in [-0.25, -0.2) is 4.79 Å². The SMILES string of the molecule is CC1=C2CCCCC2=[N+](C)C(=O)C1C.O=S(=O)([O-])[O-].[H+]. The van der Waals surface area contributed by atoms with Crippen LogP contribution >= 0.6 is 0 Å². The summed E-state index contributed by atoms with van der Waals surface area (Å²) in [6.07, 6.45) is 4.77. The number of rotatable bonds is 0. The zero-order chi connectivity index (χ0) is 14.8. The molecule has 19 heavy (non-hydrogen) atoms. The minimum atomic E-state index is -5.17. The van der Waals surface area contributed by atoms with Gasteiger partial charge in [0.15, 0.2) is 5.71 Å². The number of hydrogen-bond acceptors (Lipinski definition) is 5. The van der Waals surface area contributed by atoms with Gasteiger partial charge in [0.25, 0.3) is 0 Å².